The minimum absolute atomic E-state index is 0.179. The lowest BCUT2D eigenvalue weighted by molar-refractivity contribution is 0.102. The van der Waals surface area contributed by atoms with Gasteiger partial charge in [-0.05, 0) is 54.8 Å². The van der Waals surface area contributed by atoms with Crippen LogP contribution in [0.4, 0.5) is 5.69 Å². The molecule has 2 heterocycles. The van der Waals surface area contributed by atoms with Gasteiger partial charge in [-0.15, -0.1) is 0 Å². The Balaban J connectivity index is 1.53. The number of likely N-dealkylation sites (N-methyl/N-ethyl adjacent to an activating group) is 1. The van der Waals surface area contributed by atoms with Crippen LogP contribution in [0, 0.1) is 6.92 Å². The average molecular weight is 534 g/mol. The van der Waals surface area contributed by atoms with Crippen LogP contribution in [-0.4, -0.2) is 71.1 Å². The lowest BCUT2D eigenvalue weighted by atomic mass is 9.85. The van der Waals surface area contributed by atoms with Crippen molar-refractivity contribution in [3.63, 3.8) is 0 Å². The fourth-order valence-electron chi connectivity index (χ4n) is 4.45. The van der Waals surface area contributed by atoms with Crippen LogP contribution in [0.5, 0.6) is 17.4 Å². The van der Waals surface area contributed by atoms with Gasteiger partial charge in [-0.2, -0.15) is 4.98 Å². The third kappa shape index (κ3) is 7.11. The smallest absolute Gasteiger partial charge is 0.255 e. The third-order valence-corrected chi connectivity index (χ3v) is 6.96. The first kappa shape index (κ1) is 28.5. The highest BCUT2D eigenvalue weighted by Crippen LogP contribution is 2.36. The van der Waals surface area contributed by atoms with Gasteiger partial charge in [0.05, 0.1) is 25.9 Å². The highest BCUT2D eigenvalue weighted by molar-refractivity contribution is 6.05. The Morgan fingerprint density at radius 3 is 2.51 bits per heavy atom. The molecule has 1 aromatic heterocycles. The molecule has 0 aliphatic carbocycles. The van der Waals surface area contributed by atoms with Gasteiger partial charge >= 0.3 is 0 Å². The maximum atomic E-state index is 13.3. The second kappa shape index (κ2) is 12.1. The summed E-state index contributed by atoms with van der Waals surface area (Å²) in [7, 11) is 3.66. The summed E-state index contributed by atoms with van der Waals surface area (Å²) in [6.45, 7) is 12.6. The molecule has 39 heavy (non-hydrogen) atoms. The number of aliphatic hydroxyl groups is 1. The molecule has 0 unspecified atom stereocenters. The molecule has 1 amide bonds. The van der Waals surface area contributed by atoms with Crippen LogP contribution in [0.2, 0.25) is 0 Å². The number of aliphatic hydroxyl groups excluding tert-OH is 1. The minimum Gasteiger partial charge on any atom is -0.494 e. The number of rotatable bonds is 8. The number of aromatic nitrogens is 2. The summed E-state index contributed by atoms with van der Waals surface area (Å²) in [4.78, 5) is 27.0. The summed E-state index contributed by atoms with van der Waals surface area (Å²) in [5.41, 5.74) is 3.22. The number of ether oxygens (including phenoxy) is 2. The van der Waals surface area contributed by atoms with Gasteiger partial charge in [0.2, 0.25) is 5.88 Å². The van der Waals surface area contributed by atoms with Crippen molar-refractivity contribution in [3.05, 3.63) is 70.7 Å². The Morgan fingerprint density at radius 2 is 1.85 bits per heavy atom. The first-order valence-corrected chi connectivity index (χ1v) is 13.2. The van der Waals surface area contributed by atoms with Crippen molar-refractivity contribution < 1.29 is 19.4 Å². The number of anilines is 1. The van der Waals surface area contributed by atoms with E-state index in [4.69, 9.17) is 9.47 Å². The molecule has 2 aromatic carbocycles. The normalized spacial score (nSPS) is 14.7. The van der Waals surface area contributed by atoms with Crippen molar-refractivity contribution in [1.29, 1.82) is 0 Å². The number of amides is 1. The van der Waals surface area contributed by atoms with Crippen molar-refractivity contribution >= 4 is 11.6 Å². The highest BCUT2D eigenvalue weighted by atomic mass is 16.5. The van der Waals surface area contributed by atoms with E-state index in [0.29, 0.717) is 46.6 Å². The largest absolute Gasteiger partial charge is 0.494 e. The second-order valence-corrected chi connectivity index (χ2v) is 11.1. The van der Waals surface area contributed by atoms with Crippen LogP contribution in [0.3, 0.4) is 0 Å². The molecule has 1 aliphatic heterocycles. The SMILES string of the molecule is COc1c(CO)cc(C(C)(C)C)cc1NC(=O)c1ccc(C)c(Oc2ccnc(CN3CCN(C)CC3)n2)c1. The molecular weight excluding hydrogens is 494 g/mol. The third-order valence-electron chi connectivity index (χ3n) is 6.96. The number of carbonyl (C=O) groups is 1. The van der Waals surface area contributed by atoms with E-state index in [1.54, 1.807) is 24.4 Å². The Hall–Kier alpha value is -3.53. The van der Waals surface area contributed by atoms with E-state index < -0.39 is 0 Å². The fraction of sp³-hybridized carbons (Fsp3) is 0.433. The number of nitrogens with zero attached hydrogens (tertiary/aromatic N) is 4. The maximum absolute atomic E-state index is 13.3. The van der Waals surface area contributed by atoms with Crippen molar-refractivity contribution in [1.82, 2.24) is 19.8 Å². The molecule has 1 aliphatic rings. The predicted octanol–water partition coefficient (Wildman–Crippen LogP) is 4.38. The average Bonchev–Trinajstić information content (AvgIpc) is 2.90. The van der Waals surface area contributed by atoms with Gasteiger partial charge in [0.25, 0.3) is 5.91 Å². The lowest BCUT2D eigenvalue weighted by Gasteiger charge is -2.31. The van der Waals surface area contributed by atoms with E-state index >= 15 is 0 Å². The van der Waals surface area contributed by atoms with Crippen LogP contribution in [-0.2, 0) is 18.6 Å². The lowest BCUT2D eigenvalue weighted by Crippen LogP contribution is -2.44. The summed E-state index contributed by atoms with van der Waals surface area (Å²) in [5, 5.41) is 12.9. The number of benzene rings is 2. The van der Waals surface area contributed by atoms with Crippen LogP contribution in [0.25, 0.3) is 0 Å². The van der Waals surface area contributed by atoms with Crippen molar-refractivity contribution in [2.75, 3.05) is 45.7 Å². The van der Waals surface area contributed by atoms with Gasteiger partial charge in [0.15, 0.2) is 0 Å². The standard InChI is InChI=1S/C30H39N5O4/c1-20-7-8-21(29(37)32-24-17-23(30(2,3)4)15-22(19-36)28(24)38-6)16-25(20)39-27-9-10-31-26(33-27)18-35-13-11-34(5)12-14-35/h7-10,15-17,36H,11-14,18-19H2,1-6H3,(H,32,37). The molecular formula is C30H39N5O4. The zero-order valence-corrected chi connectivity index (χ0v) is 23.7. The number of carbonyl (C=O) groups excluding carboxylic acids is 1. The number of hydrogen-bond acceptors (Lipinski definition) is 8. The summed E-state index contributed by atoms with van der Waals surface area (Å²) in [6, 6.07) is 10.8. The first-order valence-electron chi connectivity index (χ1n) is 13.2. The molecule has 0 bridgehead atoms. The number of nitrogens with one attached hydrogen (secondary N) is 1. The van der Waals surface area contributed by atoms with Crippen LogP contribution in [0.15, 0.2) is 42.6 Å². The van der Waals surface area contributed by atoms with Crippen LogP contribution >= 0.6 is 0 Å². The molecule has 1 fully saturated rings. The zero-order chi connectivity index (χ0) is 28.2. The van der Waals surface area contributed by atoms with Gasteiger partial charge in [0.1, 0.15) is 17.3 Å². The molecule has 3 aromatic rings. The van der Waals surface area contributed by atoms with Gasteiger partial charge in [0, 0.05) is 49.6 Å². The van der Waals surface area contributed by atoms with E-state index in [-0.39, 0.29) is 17.9 Å². The van der Waals surface area contributed by atoms with E-state index in [9.17, 15) is 9.90 Å². The zero-order valence-electron chi connectivity index (χ0n) is 23.7. The summed E-state index contributed by atoms with van der Waals surface area (Å²) < 4.78 is 11.7. The molecule has 4 rings (SSSR count). The Bertz CT molecular complexity index is 1310. The Morgan fingerprint density at radius 1 is 1.10 bits per heavy atom. The molecule has 1 saturated heterocycles. The van der Waals surface area contributed by atoms with Crippen LogP contribution in [0.1, 0.15) is 53.6 Å². The number of piperazine rings is 1. The maximum Gasteiger partial charge on any atom is 0.255 e. The monoisotopic (exact) mass is 533 g/mol. The van der Waals surface area contributed by atoms with Gasteiger partial charge in [-0.3, -0.25) is 9.69 Å². The Kier molecular flexibility index (Phi) is 8.84. The van der Waals surface area contributed by atoms with Gasteiger partial charge in [-0.1, -0.05) is 26.8 Å². The van der Waals surface area contributed by atoms with Crippen molar-refractivity contribution in [2.45, 2.75) is 46.3 Å². The molecule has 2 N–H and O–H groups in total. The van der Waals surface area contributed by atoms with E-state index in [1.807, 2.05) is 25.1 Å². The van der Waals surface area contributed by atoms with Crippen molar-refractivity contribution in [3.8, 4) is 17.4 Å². The number of methoxy groups -OCH3 is 1. The molecule has 0 atom stereocenters. The van der Waals surface area contributed by atoms with E-state index in [1.165, 1.54) is 7.11 Å². The topological polar surface area (TPSA) is 100 Å². The molecule has 9 nitrogen and oxygen atoms in total. The number of aryl methyl sites for hydroxylation is 1. The van der Waals surface area contributed by atoms with Gasteiger partial charge in [-0.25, -0.2) is 4.98 Å². The summed E-state index contributed by atoms with van der Waals surface area (Å²) in [6.07, 6.45) is 1.70. The fourth-order valence-corrected chi connectivity index (χ4v) is 4.45. The first-order chi connectivity index (χ1) is 18.6. The Labute approximate surface area is 230 Å². The predicted molar refractivity (Wildman–Crippen MR) is 152 cm³/mol. The molecule has 9 heteroatoms. The minimum atomic E-state index is -0.313. The second-order valence-electron chi connectivity index (χ2n) is 11.1. The van der Waals surface area contributed by atoms with E-state index in [2.05, 4.69) is 52.9 Å². The molecule has 208 valence electrons. The van der Waals surface area contributed by atoms with Crippen LogP contribution < -0.4 is 14.8 Å². The summed E-state index contributed by atoms with van der Waals surface area (Å²) in [5.74, 6) is 1.80. The highest BCUT2D eigenvalue weighted by Gasteiger charge is 2.21. The van der Waals surface area contributed by atoms with Crippen molar-refractivity contribution in [2.24, 2.45) is 0 Å². The molecule has 0 saturated carbocycles. The molecule has 0 spiro atoms. The quantitative estimate of drug-likeness (QED) is 0.440. The van der Waals surface area contributed by atoms with E-state index in [0.717, 1.165) is 37.3 Å². The summed E-state index contributed by atoms with van der Waals surface area (Å²) >= 11 is 0. The molecule has 0 radical (unpaired) electrons. The number of hydrogen-bond donors (Lipinski definition) is 2. The van der Waals surface area contributed by atoms with Gasteiger partial charge < -0.3 is 24.8 Å².